The lowest BCUT2D eigenvalue weighted by Gasteiger charge is -2.25. The molecule has 1 saturated heterocycles. The maximum atomic E-state index is 12.4. The number of nitrogens with one attached hydrogen (secondary N) is 1. The van der Waals surface area contributed by atoms with Crippen molar-refractivity contribution < 1.29 is 4.79 Å². The number of hydrogen-bond acceptors (Lipinski definition) is 5. The topological polar surface area (TPSA) is 102 Å². The quantitative estimate of drug-likeness (QED) is 0.244. The first-order chi connectivity index (χ1) is 15.2. The third kappa shape index (κ3) is 4.86. The van der Waals surface area contributed by atoms with Gasteiger partial charge in [0.2, 0.25) is 11.9 Å². The number of rotatable bonds is 6. The molecule has 2 aliphatic heterocycles. The number of benzene rings is 1. The van der Waals surface area contributed by atoms with Gasteiger partial charge in [-0.1, -0.05) is 23.7 Å². The number of likely N-dealkylation sites (tertiary alicyclic amines) is 1. The third-order valence-electron chi connectivity index (χ3n) is 5.29. The number of aromatic nitrogens is 2. The number of nitrogens with zero attached hydrogens (tertiary/aromatic N) is 7. The van der Waals surface area contributed by atoms with Crippen LogP contribution >= 0.6 is 11.6 Å². The molecule has 0 aliphatic carbocycles. The second-order valence-corrected chi connectivity index (χ2v) is 7.78. The molecule has 1 unspecified atom stereocenters. The number of hydrogen-bond donors (Lipinski definition) is 1. The molecule has 0 saturated carbocycles. The van der Waals surface area contributed by atoms with E-state index in [9.17, 15) is 10.1 Å². The van der Waals surface area contributed by atoms with Crippen molar-refractivity contribution >= 4 is 29.2 Å². The van der Waals surface area contributed by atoms with Gasteiger partial charge in [0.25, 0.3) is 0 Å². The minimum absolute atomic E-state index is 0.125. The molecule has 0 bridgehead atoms. The largest absolute Gasteiger partial charge is 0.332 e. The molecule has 0 spiro atoms. The molecule has 3 heterocycles. The number of amides is 1. The summed E-state index contributed by atoms with van der Waals surface area (Å²) in [6.07, 6.45) is 7.75. The Morgan fingerprint density at radius 3 is 2.87 bits per heavy atom. The van der Waals surface area contributed by atoms with E-state index in [1.165, 1.54) is 0 Å². The van der Waals surface area contributed by atoms with Crippen LogP contribution in [0.2, 0.25) is 5.02 Å². The average molecular weight is 439 g/mol. The summed E-state index contributed by atoms with van der Waals surface area (Å²) in [4.78, 5) is 18.9. The number of nitriles is 1. The Kier molecular flexibility index (Phi) is 6.48. The molecular weight excluding hydrogens is 416 g/mol. The molecule has 9 nitrogen and oxygen atoms in total. The predicted molar refractivity (Wildman–Crippen MR) is 117 cm³/mol. The van der Waals surface area contributed by atoms with Crippen LogP contribution in [0.25, 0.3) is 0 Å². The molecule has 160 valence electrons. The highest BCUT2D eigenvalue weighted by Crippen LogP contribution is 2.24. The number of hydrazone groups is 1. The first-order valence-corrected chi connectivity index (χ1v) is 10.6. The summed E-state index contributed by atoms with van der Waals surface area (Å²) < 4.78 is 1.84. The predicted octanol–water partition coefficient (Wildman–Crippen LogP) is 2.06. The summed E-state index contributed by atoms with van der Waals surface area (Å²) in [7, 11) is 0. The van der Waals surface area contributed by atoms with Crippen molar-refractivity contribution in [2.24, 2.45) is 10.1 Å². The number of guanidine groups is 1. The highest BCUT2D eigenvalue weighted by molar-refractivity contribution is 6.30. The monoisotopic (exact) mass is 438 g/mol. The molecule has 1 amide bonds. The number of carbonyl (C=O) groups is 1. The second kappa shape index (κ2) is 9.62. The highest BCUT2D eigenvalue weighted by Gasteiger charge is 2.38. The van der Waals surface area contributed by atoms with E-state index in [0.29, 0.717) is 37.0 Å². The maximum absolute atomic E-state index is 12.4. The molecule has 4 rings (SSSR count). The van der Waals surface area contributed by atoms with Crippen LogP contribution in [0.1, 0.15) is 24.8 Å². The van der Waals surface area contributed by atoms with E-state index in [1.807, 2.05) is 52.3 Å². The van der Waals surface area contributed by atoms with E-state index in [0.717, 1.165) is 30.7 Å². The average Bonchev–Trinajstić information content (AvgIpc) is 3.52. The molecule has 1 N–H and O–H groups in total. The Morgan fingerprint density at radius 1 is 1.35 bits per heavy atom. The van der Waals surface area contributed by atoms with Crippen molar-refractivity contribution in [3.63, 3.8) is 0 Å². The lowest BCUT2D eigenvalue weighted by Crippen LogP contribution is -2.45. The fourth-order valence-electron chi connectivity index (χ4n) is 3.82. The maximum Gasteiger partial charge on any atom is 0.228 e. The van der Waals surface area contributed by atoms with Gasteiger partial charge in [0.1, 0.15) is 0 Å². The van der Waals surface area contributed by atoms with E-state index in [4.69, 9.17) is 16.7 Å². The zero-order valence-corrected chi connectivity index (χ0v) is 17.7. The van der Waals surface area contributed by atoms with Gasteiger partial charge >= 0.3 is 0 Å². The molecule has 2 aromatic rings. The second-order valence-electron chi connectivity index (χ2n) is 7.35. The lowest BCUT2D eigenvalue weighted by molar-refractivity contribution is -0.128. The molecule has 1 fully saturated rings. The summed E-state index contributed by atoms with van der Waals surface area (Å²) in [6.45, 7) is 2.39. The molecule has 1 aromatic heterocycles. The number of aliphatic imine (C=N–C) groups is 1. The van der Waals surface area contributed by atoms with Crippen molar-refractivity contribution in [3.8, 4) is 6.19 Å². The summed E-state index contributed by atoms with van der Waals surface area (Å²) in [5.41, 5.74) is 1.67. The van der Waals surface area contributed by atoms with Crippen molar-refractivity contribution in [2.75, 3.05) is 19.6 Å². The van der Waals surface area contributed by atoms with Gasteiger partial charge in [-0.2, -0.15) is 15.5 Å². The van der Waals surface area contributed by atoms with Crippen molar-refractivity contribution in [2.45, 2.75) is 31.8 Å². The van der Waals surface area contributed by atoms with Gasteiger partial charge in [0.15, 0.2) is 6.19 Å². The third-order valence-corrected chi connectivity index (χ3v) is 5.55. The van der Waals surface area contributed by atoms with Crippen molar-refractivity contribution in [1.29, 1.82) is 5.26 Å². The summed E-state index contributed by atoms with van der Waals surface area (Å²) >= 11 is 6.05. The van der Waals surface area contributed by atoms with Gasteiger partial charge in [-0.05, 0) is 31.0 Å². The van der Waals surface area contributed by atoms with Crippen LogP contribution in [-0.4, -0.2) is 62.9 Å². The normalized spacial score (nSPS) is 19.0. The SMILES string of the molecule is N#CNC(=NCCCn1cccn1)N1CC(N2CCCC2=O)C(c2ccc(Cl)cc2)=N1. The molecular formula is C21H23ClN8O. The fraction of sp³-hybridized carbons (Fsp3) is 0.381. The van der Waals surface area contributed by atoms with Crippen LogP contribution in [0.5, 0.6) is 0 Å². The van der Waals surface area contributed by atoms with Gasteiger partial charge in [0.05, 0.1) is 18.3 Å². The van der Waals surface area contributed by atoms with E-state index in [2.05, 4.69) is 15.4 Å². The number of halogens is 1. The smallest absolute Gasteiger partial charge is 0.228 e. The zero-order chi connectivity index (χ0) is 21.6. The van der Waals surface area contributed by atoms with Crippen LogP contribution in [0.3, 0.4) is 0 Å². The Labute approximate surface area is 185 Å². The van der Waals surface area contributed by atoms with Crippen molar-refractivity contribution in [1.82, 2.24) is 25.0 Å². The van der Waals surface area contributed by atoms with Crippen LogP contribution in [-0.2, 0) is 11.3 Å². The van der Waals surface area contributed by atoms with Crippen molar-refractivity contribution in [3.05, 3.63) is 53.3 Å². The first kappa shape index (κ1) is 20.9. The molecule has 1 aromatic carbocycles. The van der Waals surface area contributed by atoms with Gasteiger partial charge in [-0.15, -0.1) is 0 Å². The van der Waals surface area contributed by atoms with Crippen LogP contribution < -0.4 is 5.32 Å². The van der Waals surface area contributed by atoms with Crippen LogP contribution in [0, 0.1) is 11.5 Å². The van der Waals surface area contributed by atoms with Crippen LogP contribution in [0.4, 0.5) is 0 Å². The Balaban J connectivity index is 1.54. The Bertz CT molecular complexity index is 1010. The molecule has 0 radical (unpaired) electrons. The number of aryl methyl sites for hydroxylation is 1. The summed E-state index contributed by atoms with van der Waals surface area (Å²) in [6, 6.07) is 9.09. The van der Waals surface area contributed by atoms with Gasteiger partial charge in [-0.25, -0.2) is 5.01 Å². The Morgan fingerprint density at radius 2 is 2.19 bits per heavy atom. The molecule has 2 aliphatic rings. The zero-order valence-electron chi connectivity index (χ0n) is 17.0. The molecule has 10 heteroatoms. The molecule has 31 heavy (non-hydrogen) atoms. The van der Waals surface area contributed by atoms with Gasteiger partial charge in [0, 0.05) is 49.0 Å². The first-order valence-electron chi connectivity index (χ1n) is 10.2. The lowest BCUT2D eigenvalue weighted by atomic mass is 10.0. The van der Waals surface area contributed by atoms with Gasteiger partial charge in [-0.3, -0.25) is 19.8 Å². The summed E-state index contributed by atoms with van der Waals surface area (Å²) in [5.74, 6) is 0.503. The number of carbonyl (C=O) groups excluding carboxylic acids is 1. The van der Waals surface area contributed by atoms with E-state index in [1.54, 1.807) is 11.2 Å². The van der Waals surface area contributed by atoms with E-state index >= 15 is 0 Å². The van der Waals surface area contributed by atoms with E-state index in [-0.39, 0.29) is 11.9 Å². The standard InChI is InChI=1S/C21H23ClN8O/c22-17-7-5-16(6-8-17)20-18(29-13-1-4-19(29)31)14-30(27-20)21(25-15-23)24-9-2-11-28-12-3-10-26-28/h3,5-8,10,12,18H,1-2,4,9,11,13-14H2,(H,24,25). The summed E-state index contributed by atoms with van der Waals surface area (Å²) in [5, 5.41) is 23.1. The van der Waals surface area contributed by atoms with Crippen LogP contribution in [0.15, 0.2) is 52.8 Å². The minimum atomic E-state index is -0.203. The van der Waals surface area contributed by atoms with Gasteiger partial charge < -0.3 is 4.90 Å². The molecule has 1 atom stereocenters. The minimum Gasteiger partial charge on any atom is -0.332 e. The Hall–Kier alpha value is -3.38. The highest BCUT2D eigenvalue weighted by atomic mass is 35.5. The van der Waals surface area contributed by atoms with E-state index < -0.39 is 0 Å². The fourth-order valence-corrected chi connectivity index (χ4v) is 3.95.